The van der Waals surface area contributed by atoms with Crippen molar-refractivity contribution in [2.75, 3.05) is 23.7 Å². The monoisotopic (exact) mass is 475 g/mol. The first kappa shape index (κ1) is 21.2. The molecule has 1 fully saturated rings. The molecule has 1 aromatic carbocycles. The van der Waals surface area contributed by atoms with Gasteiger partial charge < -0.3 is 10.6 Å². The van der Waals surface area contributed by atoms with Crippen molar-refractivity contribution < 1.29 is 13.2 Å². The van der Waals surface area contributed by atoms with Crippen molar-refractivity contribution in [1.29, 1.82) is 0 Å². The quantitative estimate of drug-likeness (QED) is 0.539. The molecule has 3 N–H and O–H groups in total. The number of hydrogen-bond acceptors (Lipinski definition) is 9. The third kappa shape index (κ3) is 3.93. The van der Waals surface area contributed by atoms with Crippen molar-refractivity contribution in [2.24, 2.45) is 5.92 Å². The van der Waals surface area contributed by atoms with Gasteiger partial charge in [-0.05, 0) is 37.4 Å². The van der Waals surface area contributed by atoms with Crippen LogP contribution in [0.3, 0.4) is 0 Å². The molecule has 32 heavy (non-hydrogen) atoms. The lowest BCUT2D eigenvalue weighted by molar-refractivity contribution is 0.0453. The minimum absolute atomic E-state index is 0.110. The fraction of sp³-hybridized carbons (Fsp3) is 0.450. The van der Waals surface area contributed by atoms with Crippen molar-refractivity contribution in [1.82, 2.24) is 24.1 Å². The predicted molar refractivity (Wildman–Crippen MR) is 120 cm³/mol. The van der Waals surface area contributed by atoms with E-state index in [1.165, 1.54) is 11.1 Å². The van der Waals surface area contributed by atoms with Crippen LogP contribution in [0.2, 0.25) is 0 Å². The number of nitrogens with one attached hydrogen (secondary N) is 1. The second-order valence-corrected chi connectivity index (χ2v) is 10.8. The highest BCUT2D eigenvalue weighted by atomic mass is 32.2. The number of ether oxygens (including phenoxy) is 1. The van der Waals surface area contributed by atoms with Crippen LogP contribution in [0.1, 0.15) is 49.5 Å². The minimum Gasteiger partial charge on any atom is -0.493 e. The van der Waals surface area contributed by atoms with Crippen molar-refractivity contribution in [2.45, 2.75) is 43.2 Å². The zero-order valence-corrected chi connectivity index (χ0v) is 19.2. The van der Waals surface area contributed by atoms with Crippen LogP contribution in [0.4, 0.5) is 5.13 Å². The fourth-order valence-electron chi connectivity index (χ4n) is 4.67. The van der Waals surface area contributed by atoms with Gasteiger partial charge in [0, 0.05) is 35.6 Å². The van der Waals surface area contributed by atoms with Crippen LogP contribution < -0.4 is 15.3 Å². The average molecular weight is 476 g/mol. The summed E-state index contributed by atoms with van der Waals surface area (Å²) in [6.07, 6.45) is 5.96. The zero-order chi connectivity index (χ0) is 22.3. The first-order chi connectivity index (χ1) is 15.4. The molecule has 170 valence electrons. The molecule has 3 atom stereocenters. The Labute approximate surface area is 190 Å². The molecule has 0 unspecified atom stereocenters. The second-order valence-electron chi connectivity index (χ2n) is 8.29. The number of hydrogen-bond donors (Lipinski definition) is 2. The van der Waals surface area contributed by atoms with E-state index < -0.39 is 10.0 Å². The highest BCUT2D eigenvalue weighted by Gasteiger charge is 2.37. The molecule has 0 spiro atoms. The number of likely N-dealkylation sites (tertiary alicyclic amines) is 1. The van der Waals surface area contributed by atoms with Gasteiger partial charge in [0.1, 0.15) is 12.1 Å². The number of benzene rings is 1. The molecule has 0 radical (unpaired) electrons. The molecule has 1 saturated heterocycles. The van der Waals surface area contributed by atoms with E-state index in [-0.39, 0.29) is 22.1 Å². The molecule has 2 aliphatic rings. The third-order valence-corrected chi connectivity index (χ3v) is 8.28. The summed E-state index contributed by atoms with van der Waals surface area (Å²) in [6.45, 7) is 3.72. The molecule has 3 aromatic rings. The van der Waals surface area contributed by atoms with E-state index in [0.717, 1.165) is 48.6 Å². The van der Waals surface area contributed by atoms with Gasteiger partial charge in [0.2, 0.25) is 5.13 Å². The molecule has 0 saturated carbocycles. The Balaban J connectivity index is 1.46. The van der Waals surface area contributed by atoms with Crippen LogP contribution in [0.15, 0.2) is 41.7 Å². The van der Waals surface area contributed by atoms with Gasteiger partial charge in [-0.1, -0.05) is 13.0 Å². The lowest BCUT2D eigenvalue weighted by atomic mass is 9.87. The summed E-state index contributed by atoms with van der Waals surface area (Å²) in [7, 11) is -3.78. The molecule has 0 bridgehead atoms. The standard InChI is InChI=1S/C20H25N7O3S2/c1-13-5-8-26(18(10-13)17-4-7-23-27(17)21)16-6-9-30-19-11-14(2-3-15(16)19)32(28,29)25-20-22-12-24-31-20/h2-4,7,11-13,16,18H,5-6,8-10,21H2,1H3,(H,22,24,25)/t13-,16-,18+/m1/s1. The molecule has 2 aromatic heterocycles. The molecule has 5 rings (SSSR count). The SMILES string of the molecule is C[C@@H]1CCN([C@@H]2CCOc3cc(S(=O)(=O)Nc4ncns4)ccc32)[C@H](c2ccnn2N)C1. The van der Waals surface area contributed by atoms with Gasteiger partial charge in [0.25, 0.3) is 10.0 Å². The summed E-state index contributed by atoms with van der Waals surface area (Å²) in [4.78, 5) is 7.96. The summed E-state index contributed by atoms with van der Waals surface area (Å²) >= 11 is 0.986. The van der Waals surface area contributed by atoms with E-state index in [2.05, 4.69) is 31.0 Å². The Bertz CT molecular complexity index is 1200. The number of nitrogens with two attached hydrogens (primary N) is 1. The zero-order valence-electron chi connectivity index (χ0n) is 17.6. The van der Waals surface area contributed by atoms with Crippen LogP contribution in [0, 0.1) is 5.92 Å². The lowest BCUT2D eigenvalue weighted by Crippen LogP contribution is -2.42. The number of anilines is 1. The van der Waals surface area contributed by atoms with E-state index in [1.807, 2.05) is 12.1 Å². The molecule has 4 heterocycles. The van der Waals surface area contributed by atoms with Crippen molar-refractivity contribution in [3.8, 4) is 5.75 Å². The Kier molecular flexibility index (Phi) is 5.51. The molecule has 0 amide bonds. The summed E-state index contributed by atoms with van der Waals surface area (Å²) in [5.74, 6) is 7.28. The average Bonchev–Trinajstić information content (AvgIpc) is 3.44. The van der Waals surface area contributed by atoms with Gasteiger partial charge in [0.05, 0.1) is 29.4 Å². The maximum atomic E-state index is 12.8. The number of rotatable bonds is 5. The van der Waals surface area contributed by atoms with Crippen molar-refractivity contribution in [3.05, 3.63) is 48.0 Å². The fourth-order valence-corrected chi connectivity index (χ4v) is 6.34. The Hall–Kier alpha value is -2.70. The highest BCUT2D eigenvalue weighted by molar-refractivity contribution is 7.93. The van der Waals surface area contributed by atoms with Gasteiger partial charge in [-0.15, -0.1) is 0 Å². The number of nitrogens with zero attached hydrogens (tertiary/aromatic N) is 5. The third-order valence-electron chi connectivity index (χ3n) is 6.23. The number of fused-ring (bicyclic) bond motifs is 1. The summed E-state index contributed by atoms with van der Waals surface area (Å²) in [5, 5.41) is 4.40. The predicted octanol–water partition coefficient (Wildman–Crippen LogP) is 2.55. The number of sulfonamides is 1. The van der Waals surface area contributed by atoms with Crippen LogP contribution in [-0.2, 0) is 10.0 Å². The van der Waals surface area contributed by atoms with E-state index in [9.17, 15) is 8.42 Å². The second kappa shape index (κ2) is 8.34. The van der Waals surface area contributed by atoms with E-state index in [4.69, 9.17) is 10.6 Å². The lowest BCUT2D eigenvalue weighted by Gasteiger charge is -2.44. The van der Waals surface area contributed by atoms with Crippen LogP contribution in [0.25, 0.3) is 0 Å². The van der Waals surface area contributed by atoms with Gasteiger partial charge >= 0.3 is 0 Å². The van der Waals surface area contributed by atoms with Gasteiger partial charge in [-0.2, -0.15) is 14.3 Å². The van der Waals surface area contributed by atoms with E-state index in [1.54, 1.807) is 18.3 Å². The molecular formula is C20H25N7O3S2. The van der Waals surface area contributed by atoms with E-state index >= 15 is 0 Å². The maximum Gasteiger partial charge on any atom is 0.263 e. The molecule has 10 nitrogen and oxygen atoms in total. The van der Waals surface area contributed by atoms with Gasteiger partial charge in [0.15, 0.2) is 0 Å². The van der Waals surface area contributed by atoms with Gasteiger partial charge in [-0.3, -0.25) is 9.62 Å². The van der Waals surface area contributed by atoms with Crippen LogP contribution in [-0.4, -0.2) is 45.7 Å². The largest absolute Gasteiger partial charge is 0.493 e. The topological polar surface area (TPSA) is 128 Å². The van der Waals surface area contributed by atoms with Crippen molar-refractivity contribution >= 4 is 26.7 Å². The van der Waals surface area contributed by atoms with Crippen LogP contribution in [0.5, 0.6) is 5.75 Å². The molecule has 2 aliphatic heterocycles. The summed E-state index contributed by atoms with van der Waals surface area (Å²) in [6, 6.07) is 7.31. The van der Waals surface area contributed by atoms with Crippen molar-refractivity contribution in [3.63, 3.8) is 0 Å². The molecule has 0 aliphatic carbocycles. The highest BCUT2D eigenvalue weighted by Crippen LogP contribution is 2.45. The Morgan fingerprint density at radius 2 is 2.12 bits per heavy atom. The first-order valence-corrected chi connectivity index (χ1v) is 12.8. The number of piperidine rings is 1. The molecular weight excluding hydrogens is 450 g/mol. The van der Waals surface area contributed by atoms with E-state index in [0.29, 0.717) is 18.3 Å². The number of nitrogen functional groups attached to an aromatic ring is 1. The number of aromatic nitrogens is 4. The van der Waals surface area contributed by atoms with Gasteiger partial charge in [-0.25, -0.2) is 13.4 Å². The Morgan fingerprint density at radius 3 is 2.88 bits per heavy atom. The molecule has 12 heteroatoms. The Morgan fingerprint density at radius 1 is 1.25 bits per heavy atom. The minimum atomic E-state index is -3.78. The first-order valence-electron chi connectivity index (χ1n) is 10.5. The summed E-state index contributed by atoms with van der Waals surface area (Å²) < 4.78 is 37.8. The van der Waals surface area contributed by atoms with Crippen LogP contribution >= 0.6 is 11.5 Å². The normalized spacial score (nSPS) is 24.0. The smallest absolute Gasteiger partial charge is 0.263 e. The maximum absolute atomic E-state index is 12.8. The summed E-state index contributed by atoms with van der Waals surface area (Å²) in [5.41, 5.74) is 1.99.